The summed E-state index contributed by atoms with van der Waals surface area (Å²) >= 11 is 0. The first-order chi connectivity index (χ1) is 9.02. The maximum absolute atomic E-state index is 11.3. The van der Waals surface area contributed by atoms with Gasteiger partial charge in [0.05, 0.1) is 13.1 Å². The van der Waals surface area contributed by atoms with Crippen molar-refractivity contribution >= 4 is 17.9 Å². The van der Waals surface area contributed by atoms with E-state index in [0.29, 0.717) is 12.3 Å². The molecule has 0 saturated heterocycles. The largest absolute Gasteiger partial charge is 0.475 e. The number of carboxylic acid groups (broad SMARTS) is 1. The van der Waals surface area contributed by atoms with E-state index in [-0.39, 0.29) is 24.8 Å². The van der Waals surface area contributed by atoms with Gasteiger partial charge in [-0.05, 0) is 19.1 Å². The molecule has 0 bridgehead atoms. The molecule has 1 rings (SSSR count). The lowest BCUT2D eigenvalue weighted by Crippen LogP contribution is -2.41. The molecular weight excluding hydrogens is 254 g/mol. The Hall–Kier alpha value is -2.51. The first-order valence-electron chi connectivity index (χ1n) is 5.63. The highest BCUT2D eigenvalue weighted by atomic mass is 16.4. The Morgan fingerprint density at radius 3 is 2.53 bits per heavy atom. The molecule has 0 unspecified atom stereocenters. The number of likely N-dealkylation sites (N-methyl/N-ethyl adjacent to an activating group) is 1. The van der Waals surface area contributed by atoms with Gasteiger partial charge in [0.1, 0.15) is 5.76 Å². The summed E-state index contributed by atoms with van der Waals surface area (Å²) in [5, 5.41) is 15.9. The van der Waals surface area contributed by atoms with Crippen LogP contribution in [0.3, 0.4) is 0 Å². The number of urea groups is 1. The molecule has 1 heterocycles. The van der Waals surface area contributed by atoms with E-state index in [4.69, 9.17) is 9.52 Å². The van der Waals surface area contributed by atoms with Crippen molar-refractivity contribution in [2.75, 3.05) is 13.1 Å². The number of furan rings is 1. The average Bonchev–Trinajstić information content (AvgIpc) is 2.83. The second-order valence-corrected chi connectivity index (χ2v) is 3.56. The van der Waals surface area contributed by atoms with E-state index in [1.165, 1.54) is 12.1 Å². The fourth-order valence-electron chi connectivity index (χ4n) is 1.24. The number of hydrogen-bond acceptors (Lipinski definition) is 4. The predicted octanol–water partition coefficient (Wildman–Crippen LogP) is -0.0869. The molecular formula is C11H15N3O5. The lowest BCUT2D eigenvalue weighted by Gasteiger charge is -2.06. The molecule has 0 fully saturated rings. The number of hydrogen-bond donors (Lipinski definition) is 4. The van der Waals surface area contributed by atoms with Gasteiger partial charge in [-0.2, -0.15) is 0 Å². The highest BCUT2D eigenvalue weighted by Crippen LogP contribution is 2.07. The fraction of sp³-hybridized carbons (Fsp3) is 0.364. The van der Waals surface area contributed by atoms with Gasteiger partial charge in [0.15, 0.2) is 0 Å². The van der Waals surface area contributed by atoms with Crippen LogP contribution in [-0.4, -0.2) is 36.1 Å². The number of carbonyl (C=O) groups is 3. The minimum Gasteiger partial charge on any atom is -0.475 e. The Kier molecular flexibility index (Phi) is 5.39. The van der Waals surface area contributed by atoms with Crippen LogP contribution in [0.15, 0.2) is 16.5 Å². The summed E-state index contributed by atoms with van der Waals surface area (Å²) in [5.41, 5.74) is 0. The van der Waals surface area contributed by atoms with Crippen molar-refractivity contribution in [2.24, 2.45) is 0 Å². The van der Waals surface area contributed by atoms with Gasteiger partial charge >= 0.3 is 12.0 Å². The molecule has 0 atom stereocenters. The zero-order valence-corrected chi connectivity index (χ0v) is 10.4. The molecule has 0 saturated carbocycles. The van der Waals surface area contributed by atoms with E-state index in [0.717, 1.165) is 0 Å². The second-order valence-electron chi connectivity index (χ2n) is 3.56. The van der Waals surface area contributed by atoms with Crippen LogP contribution in [-0.2, 0) is 11.3 Å². The molecule has 104 valence electrons. The molecule has 1 aromatic heterocycles. The lowest BCUT2D eigenvalue weighted by molar-refractivity contribution is -0.119. The molecule has 3 amide bonds. The van der Waals surface area contributed by atoms with Gasteiger partial charge in [-0.15, -0.1) is 0 Å². The molecule has 0 aromatic carbocycles. The maximum atomic E-state index is 11.3. The van der Waals surface area contributed by atoms with Gasteiger partial charge in [0, 0.05) is 6.54 Å². The summed E-state index contributed by atoms with van der Waals surface area (Å²) in [4.78, 5) is 32.9. The number of carboxylic acids is 1. The minimum atomic E-state index is -1.17. The van der Waals surface area contributed by atoms with Gasteiger partial charge in [0.2, 0.25) is 11.7 Å². The SMILES string of the molecule is CCNC(=O)CNC(=O)NCc1ccc(C(=O)O)o1. The van der Waals surface area contributed by atoms with E-state index in [9.17, 15) is 14.4 Å². The Morgan fingerprint density at radius 1 is 1.21 bits per heavy atom. The summed E-state index contributed by atoms with van der Waals surface area (Å²) in [7, 11) is 0. The average molecular weight is 269 g/mol. The van der Waals surface area contributed by atoms with Crippen molar-refractivity contribution < 1.29 is 23.9 Å². The van der Waals surface area contributed by atoms with Crippen LogP contribution in [0.2, 0.25) is 0 Å². The van der Waals surface area contributed by atoms with Crippen molar-refractivity contribution in [1.82, 2.24) is 16.0 Å². The first kappa shape index (κ1) is 14.6. The Bertz CT molecular complexity index is 469. The van der Waals surface area contributed by atoms with Crippen molar-refractivity contribution in [3.63, 3.8) is 0 Å². The van der Waals surface area contributed by atoms with Gasteiger partial charge in [-0.1, -0.05) is 0 Å². The molecule has 8 nitrogen and oxygen atoms in total. The van der Waals surface area contributed by atoms with Gasteiger partial charge in [-0.3, -0.25) is 4.79 Å². The third-order valence-corrected chi connectivity index (χ3v) is 2.08. The molecule has 0 radical (unpaired) electrons. The molecule has 8 heteroatoms. The van der Waals surface area contributed by atoms with Crippen molar-refractivity contribution in [3.8, 4) is 0 Å². The Balaban J connectivity index is 2.29. The molecule has 0 aliphatic heterocycles. The second kappa shape index (κ2) is 7.04. The normalized spacial score (nSPS) is 9.74. The van der Waals surface area contributed by atoms with Crippen LogP contribution in [0, 0.1) is 0 Å². The summed E-state index contributed by atoms with van der Waals surface area (Å²) in [6, 6.07) is 2.21. The molecule has 0 aliphatic carbocycles. The van der Waals surface area contributed by atoms with E-state index in [1.807, 2.05) is 0 Å². The maximum Gasteiger partial charge on any atom is 0.371 e. The molecule has 1 aromatic rings. The summed E-state index contributed by atoms with van der Waals surface area (Å²) in [6.45, 7) is 2.17. The third kappa shape index (κ3) is 5.11. The van der Waals surface area contributed by atoms with Crippen LogP contribution < -0.4 is 16.0 Å². The smallest absolute Gasteiger partial charge is 0.371 e. The zero-order chi connectivity index (χ0) is 14.3. The van der Waals surface area contributed by atoms with Crippen LogP contribution in [0.1, 0.15) is 23.2 Å². The number of carbonyl (C=O) groups excluding carboxylic acids is 2. The van der Waals surface area contributed by atoms with Crippen LogP contribution in [0.4, 0.5) is 4.79 Å². The van der Waals surface area contributed by atoms with E-state index in [1.54, 1.807) is 6.92 Å². The predicted molar refractivity (Wildman–Crippen MR) is 64.6 cm³/mol. The van der Waals surface area contributed by atoms with E-state index < -0.39 is 12.0 Å². The quantitative estimate of drug-likeness (QED) is 0.575. The highest BCUT2D eigenvalue weighted by Gasteiger charge is 2.10. The van der Waals surface area contributed by atoms with Crippen LogP contribution in [0.5, 0.6) is 0 Å². The van der Waals surface area contributed by atoms with Crippen molar-refractivity contribution in [2.45, 2.75) is 13.5 Å². The molecule has 0 spiro atoms. The summed E-state index contributed by atoms with van der Waals surface area (Å²) < 4.78 is 4.94. The molecule has 19 heavy (non-hydrogen) atoms. The fourth-order valence-corrected chi connectivity index (χ4v) is 1.24. The van der Waals surface area contributed by atoms with Crippen LogP contribution in [0.25, 0.3) is 0 Å². The van der Waals surface area contributed by atoms with E-state index in [2.05, 4.69) is 16.0 Å². The topological polar surface area (TPSA) is 121 Å². The van der Waals surface area contributed by atoms with Crippen molar-refractivity contribution in [3.05, 3.63) is 23.7 Å². The minimum absolute atomic E-state index is 0.0362. The Labute approximate surface area is 109 Å². The lowest BCUT2D eigenvalue weighted by atomic mass is 10.4. The van der Waals surface area contributed by atoms with Crippen molar-refractivity contribution in [1.29, 1.82) is 0 Å². The third-order valence-electron chi connectivity index (χ3n) is 2.08. The first-order valence-corrected chi connectivity index (χ1v) is 5.63. The summed E-state index contributed by atoms with van der Waals surface area (Å²) in [6.07, 6.45) is 0. The number of amides is 3. The highest BCUT2D eigenvalue weighted by molar-refractivity contribution is 5.84. The van der Waals surface area contributed by atoms with Gasteiger partial charge < -0.3 is 25.5 Å². The number of aromatic carboxylic acids is 1. The standard InChI is InChI=1S/C11H15N3O5/c1-2-12-9(15)6-14-11(18)13-5-7-3-4-8(19-7)10(16)17/h3-4H,2,5-6H2,1H3,(H,12,15)(H,16,17)(H2,13,14,18). The Morgan fingerprint density at radius 2 is 1.95 bits per heavy atom. The molecule has 4 N–H and O–H groups in total. The summed E-state index contributed by atoms with van der Waals surface area (Å²) in [5.74, 6) is -1.35. The molecule has 0 aliphatic rings. The van der Waals surface area contributed by atoms with Gasteiger partial charge in [-0.25, -0.2) is 9.59 Å². The van der Waals surface area contributed by atoms with Gasteiger partial charge in [0.25, 0.3) is 0 Å². The number of nitrogens with one attached hydrogen (secondary N) is 3. The number of rotatable bonds is 6. The van der Waals surface area contributed by atoms with E-state index >= 15 is 0 Å². The zero-order valence-electron chi connectivity index (χ0n) is 10.4. The monoisotopic (exact) mass is 269 g/mol. The van der Waals surface area contributed by atoms with Crippen LogP contribution >= 0.6 is 0 Å².